The Bertz CT molecular complexity index is 1640. The molecule has 8 nitrogen and oxygen atoms in total. The Morgan fingerprint density at radius 1 is 0.912 bits per heavy atom. The van der Waals surface area contributed by atoms with E-state index in [4.69, 9.17) is 9.97 Å². The lowest BCUT2D eigenvalue weighted by atomic mass is 10.2. The molecule has 5 aromatic rings. The maximum absolute atomic E-state index is 12.7. The number of carbonyl (C=O) groups excluding carboxylic acids is 1. The van der Waals surface area contributed by atoms with E-state index in [1.807, 2.05) is 53.1 Å². The molecule has 0 bridgehead atoms. The van der Waals surface area contributed by atoms with Gasteiger partial charge in [-0.25, -0.2) is 22.7 Å². The zero-order valence-electron chi connectivity index (χ0n) is 18.8. The van der Waals surface area contributed by atoms with Gasteiger partial charge in [0.2, 0.25) is 15.9 Å². The van der Waals surface area contributed by atoms with E-state index in [-0.39, 0.29) is 17.2 Å². The van der Waals surface area contributed by atoms with Crippen LogP contribution in [0.1, 0.15) is 6.42 Å². The summed E-state index contributed by atoms with van der Waals surface area (Å²) in [6.45, 7) is 0.427. The average molecular weight is 474 g/mol. The number of nitrogens with zero attached hydrogens (tertiary/aromatic N) is 4. The number of sulfonamides is 1. The number of nitrogens with one attached hydrogen (secondary N) is 1. The Labute approximate surface area is 196 Å². The highest BCUT2D eigenvalue weighted by Gasteiger charge is 2.17. The third-order valence-electron chi connectivity index (χ3n) is 5.74. The third kappa shape index (κ3) is 3.89. The number of aryl methyl sites for hydroxylation is 1. The highest BCUT2D eigenvalue weighted by Crippen LogP contribution is 2.28. The number of rotatable bonds is 6. The molecule has 2 heterocycles. The molecule has 0 unspecified atom stereocenters. The first kappa shape index (κ1) is 22.0. The van der Waals surface area contributed by atoms with Crippen LogP contribution in [0.25, 0.3) is 33.1 Å². The van der Waals surface area contributed by atoms with Crippen molar-refractivity contribution < 1.29 is 13.2 Å². The number of hydrogen-bond donors (Lipinski definition) is 1. The summed E-state index contributed by atoms with van der Waals surface area (Å²) < 4.78 is 27.6. The summed E-state index contributed by atoms with van der Waals surface area (Å²) in [5, 5.41) is 3.84. The summed E-state index contributed by atoms with van der Waals surface area (Å²) in [6, 6.07) is 21.8. The van der Waals surface area contributed by atoms with Gasteiger partial charge in [0.05, 0.1) is 21.4 Å². The Balaban J connectivity index is 1.39. The number of para-hydroxylation sites is 3. The number of benzene rings is 3. The van der Waals surface area contributed by atoms with E-state index in [0.717, 1.165) is 37.4 Å². The lowest BCUT2D eigenvalue weighted by molar-refractivity contribution is -0.116. The van der Waals surface area contributed by atoms with Gasteiger partial charge in [-0.15, -0.1) is 0 Å². The number of aromatic nitrogens is 3. The summed E-state index contributed by atoms with van der Waals surface area (Å²) in [5.74, 6) is -0.178. The van der Waals surface area contributed by atoms with Crippen LogP contribution >= 0.6 is 0 Å². The molecule has 5 rings (SSSR count). The topological polar surface area (TPSA) is 97.2 Å². The van der Waals surface area contributed by atoms with Gasteiger partial charge in [0.15, 0.2) is 5.65 Å². The van der Waals surface area contributed by atoms with Crippen LogP contribution in [0.2, 0.25) is 0 Å². The van der Waals surface area contributed by atoms with Crippen molar-refractivity contribution >= 4 is 54.7 Å². The Morgan fingerprint density at radius 3 is 2.26 bits per heavy atom. The molecule has 34 heavy (non-hydrogen) atoms. The molecule has 0 saturated heterocycles. The summed E-state index contributed by atoms with van der Waals surface area (Å²) >= 11 is 0. The first-order valence-electron chi connectivity index (χ1n) is 10.8. The van der Waals surface area contributed by atoms with Crippen molar-refractivity contribution in [2.24, 2.45) is 0 Å². The normalized spacial score (nSPS) is 12.1. The summed E-state index contributed by atoms with van der Waals surface area (Å²) in [7, 11) is -0.557. The molecule has 3 aromatic carbocycles. The summed E-state index contributed by atoms with van der Waals surface area (Å²) in [5.41, 5.74) is 4.69. The van der Waals surface area contributed by atoms with Gasteiger partial charge in [-0.1, -0.05) is 30.3 Å². The quantitative estimate of drug-likeness (QED) is 0.402. The maximum atomic E-state index is 12.7. The molecule has 9 heteroatoms. The predicted molar refractivity (Wildman–Crippen MR) is 133 cm³/mol. The number of fused-ring (bicyclic) bond motifs is 4. The molecule has 172 valence electrons. The molecule has 1 N–H and O–H groups in total. The van der Waals surface area contributed by atoms with E-state index in [0.29, 0.717) is 12.2 Å². The highest BCUT2D eigenvalue weighted by atomic mass is 32.2. The van der Waals surface area contributed by atoms with Gasteiger partial charge in [-0.2, -0.15) is 0 Å². The fourth-order valence-electron chi connectivity index (χ4n) is 3.97. The smallest absolute Gasteiger partial charge is 0.242 e. The van der Waals surface area contributed by atoms with Crippen molar-refractivity contribution in [2.45, 2.75) is 17.9 Å². The molecular weight excluding hydrogens is 450 g/mol. The number of hydrogen-bond acceptors (Lipinski definition) is 5. The third-order valence-corrected chi connectivity index (χ3v) is 7.57. The van der Waals surface area contributed by atoms with Crippen molar-refractivity contribution in [2.75, 3.05) is 19.4 Å². The first-order valence-corrected chi connectivity index (χ1v) is 12.2. The van der Waals surface area contributed by atoms with Gasteiger partial charge in [0.25, 0.3) is 0 Å². The minimum Gasteiger partial charge on any atom is -0.326 e. The molecule has 0 spiro atoms. The summed E-state index contributed by atoms with van der Waals surface area (Å²) in [6.07, 6.45) is 0.222. The molecule has 0 fully saturated rings. The SMILES string of the molecule is CN(C)S(=O)(=O)c1ccc(NC(=O)CCn2c3ccccc3c3nc4ccccc4nc32)cc1. The van der Waals surface area contributed by atoms with Crippen LogP contribution in [0.4, 0.5) is 5.69 Å². The van der Waals surface area contributed by atoms with Crippen LogP contribution in [-0.4, -0.2) is 47.3 Å². The minimum absolute atomic E-state index is 0.173. The molecular formula is C25H23N5O3S. The van der Waals surface area contributed by atoms with Crippen molar-refractivity contribution in [3.05, 3.63) is 72.8 Å². The molecule has 0 aliphatic heterocycles. The van der Waals surface area contributed by atoms with E-state index in [1.165, 1.54) is 26.2 Å². The van der Waals surface area contributed by atoms with E-state index < -0.39 is 10.0 Å². The van der Waals surface area contributed by atoms with Crippen molar-refractivity contribution in [1.82, 2.24) is 18.8 Å². The van der Waals surface area contributed by atoms with Crippen molar-refractivity contribution in [1.29, 1.82) is 0 Å². The predicted octanol–water partition coefficient (Wildman–Crippen LogP) is 4.02. The molecule has 0 saturated carbocycles. The summed E-state index contributed by atoms with van der Waals surface area (Å²) in [4.78, 5) is 22.5. The van der Waals surface area contributed by atoms with Gasteiger partial charge >= 0.3 is 0 Å². The number of carbonyl (C=O) groups is 1. The Morgan fingerprint density at radius 2 is 1.56 bits per heavy atom. The van der Waals surface area contributed by atoms with Crippen LogP contribution < -0.4 is 5.32 Å². The first-order chi connectivity index (χ1) is 16.3. The largest absolute Gasteiger partial charge is 0.326 e. The number of amides is 1. The lowest BCUT2D eigenvalue weighted by Crippen LogP contribution is -2.22. The molecule has 0 radical (unpaired) electrons. The van der Waals surface area contributed by atoms with Crippen LogP contribution in [0, 0.1) is 0 Å². The Kier molecular flexibility index (Phi) is 5.51. The van der Waals surface area contributed by atoms with Crippen molar-refractivity contribution in [3.63, 3.8) is 0 Å². The van der Waals surface area contributed by atoms with E-state index >= 15 is 0 Å². The number of anilines is 1. The molecule has 2 aromatic heterocycles. The second-order valence-electron chi connectivity index (χ2n) is 8.16. The second-order valence-corrected chi connectivity index (χ2v) is 10.3. The minimum atomic E-state index is -3.51. The fraction of sp³-hybridized carbons (Fsp3) is 0.160. The second kappa shape index (κ2) is 8.51. The maximum Gasteiger partial charge on any atom is 0.242 e. The van der Waals surface area contributed by atoms with Crippen LogP contribution in [0.5, 0.6) is 0 Å². The fourth-order valence-corrected chi connectivity index (χ4v) is 4.87. The van der Waals surface area contributed by atoms with E-state index in [2.05, 4.69) is 5.32 Å². The van der Waals surface area contributed by atoms with Crippen molar-refractivity contribution in [3.8, 4) is 0 Å². The molecule has 0 aliphatic carbocycles. The van der Waals surface area contributed by atoms with Crippen LogP contribution in [0.3, 0.4) is 0 Å². The van der Waals surface area contributed by atoms with Gasteiger partial charge in [0.1, 0.15) is 5.52 Å². The lowest BCUT2D eigenvalue weighted by Gasteiger charge is -2.12. The molecule has 1 amide bonds. The van der Waals surface area contributed by atoms with E-state index in [9.17, 15) is 13.2 Å². The van der Waals surface area contributed by atoms with Crippen LogP contribution in [0.15, 0.2) is 77.7 Å². The van der Waals surface area contributed by atoms with Gasteiger partial charge in [-0.3, -0.25) is 4.79 Å². The van der Waals surface area contributed by atoms with Crippen LogP contribution in [-0.2, 0) is 21.4 Å². The monoisotopic (exact) mass is 473 g/mol. The molecule has 0 atom stereocenters. The Hall–Kier alpha value is -3.82. The molecule has 0 aliphatic rings. The average Bonchev–Trinajstić information content (AvgIpc) is 3.14. The standard InChI is InChI=1S/C25H23N5O3S/c1-29(2)34(32,33)18-13-11-17(12-14-18)26-23(31)15-16-30-22-10-6-3-7-19(22)24-25(30)28-21-9-5-4-8-20(21)27-24/h3-14H,15-16H2,1-2H3,(H,26,31). The zero-order valence-corrected chi connectivity index (χ0v) is 19.6. The van der Waals surface area contributed by atoms with E-state index in [1.54, 1.807) is 12.1 Å². The van der Waals surface area contributed by atoms with Gasteiger partial charge in [-0.05, 0) is 42.5 Å². The zero-order chi connectivity index (χ0) is 23.9. The van der Waals surface area contributed by atoms with Gasteiger partial charge in [0, 0.05) is 38.1 Å². The van der Waals surface area contributed by atoms with Gasteiger partial charge < -0.3 is 9.88 Å². The highest BCUT2D eigenvalue weighted by molar-refractivity contribution is 7.89.